The summed E-state index contributed by atoms with van der Waals surface area (Å²) in [6.07, 6.45) is 0. The number of rotatable bonds is 6. The molecule has 1 aromatic carbocycles. The van der Waals surface area contributed by atoms with Gasteiger partial charge in [-0.2, -0.15) is 5.26 Å². The molecule has 1 N–H and O–H groups in total. The van der Waals surface area contributed by atoms with Crippen LogP contribution in [0, 0.1) is 11.3 Å². The van der Waals surface area contributed by atoms with E-state index in [1.165, 1.54) is 0 Å². The van der Waals surface area contributed by atoms with Gasteiger partial charge in [0.1, 0.15) is 12.1 Å². The lowest BCUT2D eigenvalue weighted by Crippen LogP contribution is -2.44. The van der Waals surface area contributed by atoms with E-state index >= 15 is 0 Å². The van der Waals surface area contributed by atoms with Crippen LogP contribution >= 0.6 is 0 Å². The molecule has 136 valence electrons. The molecule has 0 unspecified atom stereocenters. The minimum atomic E-state index is -1.27. The zero-order valence-electron chi connectivity index (χ0n) is 15.2. The van der Waals surface area contributed by atoms with Crippen molar-refractivity contribution in [1.82, 2.24) is 15.1 Å². The zero-order chi connectivity index (χ0) is 19.5. The second-order valence-electron chi connectivity index (χ2n) is 6.50. The van der Waals surface area contributed by atoms with E-state index in [1.54, 1.807) is 36.1 Å². The third-order valence-electron chi connectivity index (χ3n) is 4.35. The van der Waals surface area contributed by atoms with E-state index in [4.69, 9.17) is 5.26 Å². The second-order valence-corrected chi connectivity index (χ2v) is 6.50. The van der Waals surface area contributed by atoms with Crippen molar-refractivity contribution in [2.75, 3.05) is 19.6 Å². The van der Waals surface area contributed by atoms with Crippen LogP contribution in [0.5, 0.6) is 0 Å². The molecule has 4 amide bonds. The van der Waals surface area contributed by atoms with E-state index in [-0.39, 0.29) is 12.5 Å². The third kappa shape index (κ3) is 3.59. The predicted molar refractivity (Wildman–Crippen MR) is 95.8 cm³/mol. The van der Waals surface area contributed by atoms with Gasteiger partial charge in [-0.1, -0.05) is 24.3 Å². The van der Waals surface area contributed by atoms with Crippen LogP contribution in [-0.2, 0) is 15.1 Å². The highest BCUT2D eigenvalue weighted by Gasteiger charge is 2.49. The Hall–Kier alpha value is -3.14. The minimum absolute atomic E-state index is 0.317. The van der Waals surface area contributed by atoms with Crippen LogP contribution in [0.15, 0.2) is 36.4 Å². The van der Waals surface area contributed by atoms with E-state index in [1.807, 2.05) is 19.9 Å². The fourth-order valence-corrected chi connectivity index (χ4v) is 2.85. The number of carbonyl (C=O) groups excluding carboxylic acids is 3. The zero-order valence-corrected chi connectivity index (χ0v) is 15.2. The molecule has 26 heavy (non-hydrogen) atoms. The molecular weight excluding hydrogens is 332 g/mol. The van der Waals surface area contributed by atoms with Gasteiger partial charge in [0.05, 0.1) is 11.6 Å². The highest BCUT2D eigenvalue weighted by atomic mass is 16.2. The van der Waals surface area contributed by atoms with Crippen molar-refractivity contribution in [3.8, 4) is 6.07 Å². The Morgan fingerprint density at radius 1 is 1.35 bits per heavy atom. The lowest BCUT2D eigenvalue weighted by atomic mass is 9.91. The number of hydrogen-bond acceptors (Lipinski definition) is 4. The van der Waals surface area contributed by atoms with Crippen molar-refractivity contribution in [1.29, 1.82) is 5.26 Å². The van der Waals surface area contributed by atoms with Gasteiger partial charge >= 0.3 is 6.03 Å². The van der Waals surface area contributed by atoms with E-state index in [0.29, 0.717) is 24.2 Å². The molecule has 0 bridgehead atoms. The van der Waals surface area contributed by atoms with Crippen molar-refractivity contribution in [3.05, 3.63) is 47.5 Å². The lowest BCUT2D eigenvalue weighted by molar-refractivity contribution is -0.138. The van der Waals surface area contributed by atoms with E-state index in [0.717, 1.165) is 10.5 Å². The molecule has 1 heterocycles. The fourth-order valence-electron chi connectivity index (χ4n) is 2.85. The number of likely N-dealkylation sites (N-methyl/N-ethyl adjacent to an activating group) is 1. The number of nitrogens with one attached hydrogen (secondary N) is 1. The van der Waals surface area contributed by atoms with Gasteiger partial charge in [-0.15, -0.1) is 0 Å². The Bertz CT molecular complexity index is 794. The number of benzene rings is 1. The van der Waals surface area contributed by atoms with Crippen molar-refractivity contribution in [3.63, 3.8) is 0 Å². The quantitative estimate of drug-likeness (QED) is 0.622. The summed E-state index contributed by atoms with van der Waals surface area (Å²) in [7, 11) is 0. The van der Waals surface area contributed by atoms with Crippen LogP contribution in [0.1, 0.15) is 31.9 Å². The lowest BCUT2D eigenvalue weighted by Gasteiger charge is -2.24. The van der Waals surface area contributed by atoms with Crippen LogP contribution in [0.25, 0.3) is 0 Å². The molecule has 1 aliphatic heterocycles. The summed E-state index contributed by atoms with van der Waals surface area (Å²) in [6, 6.07) is 7.82. The van der Waals surface area contributed by atoms with Crippen LogP contribution in [0.2, 0.25) is 0 Å². The molecule has 0 radical (unpaired) electrons. The van der Waals surface area contributed by atoms with Crippen LogP contribution in [-0.4, -0.2) is 47.3 Å². The number of nitrogens with zero attached hydrogens (tertiary/aromatic N) is 3. The molecule has 0 saturated carbocycles. The molecule has 7 heteroatoms. The summed E-state index contributed by atoms with van der Waals surface area (Å²) in [4.78, 5) is 40.1. The number of hydrogen-bond donors (Lipinski definition) is 1. The van der Waals surface area contributed by atoms with Gasteiger partial charge in [0.15, 0.2) is 0 Å². The first-order chi connectivity index (χ1) is 12.2. The molecule has 1 aliphatic rings. The molecule has 0 aliphatic carbocycles. The Kier molecular flexibility index (Phi) is 5.46. The van der Waals surface area contributed by atoms with Gasteiger partial charge in [0.25, 0.3) is 5.91 Å². The maximum absolute atomic E-state index is 12.9. The fraction of sp³-hybridized carbons (Fsp3) is 0.368. The maximum Gasteiger partial charge on any atom is 0.325 e. The number of carbonyl (C=O) groups is 3. The Morgan fingerprint density at radius 3 is 2.46 bits per heavy atom. The monoisotopic (exact) mass is 354 g/mol. The van der Waals surface area contributed by atoms with Crippen molar-refractivity contribution < 1.29 is 14.4 Å². The average Bonchev–Trinajstić information content (AvgIpc) is 2.83. The summed E-state index contributed by atoms with van der Waals surface area (Å²) in [5.74, 6) is -0.810. The van der Waals surface area contributed by atoms with Crippen LogP contribution in [0.3, 0.4) is 0 Å². The number of imide groups is 1. The molecule has 0 spiro atoms. The summed E-state index contributed by atoms with van der Waals surface area (Å²) in [5, 5.41) is 11.5. The van der Waals surface area contributed by atoms with E-state index in [9.17, 15) is 14.4 Å². The van der Waals surface area contributed by atoms with Crippen molar-refractivity contribution in [2.24, 2.45) is 0 Å². The maximum atomic E-state index is 12.9. The Morgan fingerprint density at radius 2 is 1.96 bits per heavy atom. The smallest absolute Gasteiger partial charge is 0.325 e. The standard InChI is InChI=1S/C19H22N4O3/c1-5-22(11-13(2)3)16(24)12-23-17(25)19(4,21-18(23)26)15-8-6-14(10-20)7-9-15/h6-9H,2,5,11-12H2,1,3-4H3,(H,21,26)/t19-/m1/s1. The number of amides is 4. The molecule has 2 rings (SSSR count). The van der Waals surface area contributed by atoms with Gasteiger partial charge in [-0.3, -0.25) is 14.5 Å². The summed E-state index contributed by atoms with van der Waals surface area (Å²) >= 11 is 0. The highest BCUT2D eigenvalue weighted by molar-refractivity contribution is 6.09. The van der Waals surface area contributed by atoms with Gasteiger partial charge in [-0.05, 0) is 38.5 Å². The largest absolute Gasteiger partial charge is 0.337 e. The molecular formula is C19H22N4O3. The average molecular weight is 354 g/mol. The first-order valence-electron chi connectivity index (χ1n) is 8.29. The van der Waals surface area contributed by atoms with Crippen molar-refractivity contribution in [2.45, 2.75) is 26.3 Å². The Balaban J connectivity index is 2.21. The van der Waals surface area contributed by atoms with E-state index < -0.39 is 17.5 Å². The van der Waals surface area contributed by atoms with Crippen molar-refractivity contribution >= 4 is 17.8 Å². The number of nitriles is 1. The summed E-state index contributed by atoms with van der Waals surface area (Å²) in [5.41, 5.74) is 0.565. The van der Waals surface area contributed by atoms with Gasteiger partial charge in [0, 0.05) is 13.1 Å². The molecule has 1 fully saturated rings. The first-order valence-corrected chi connectivity index (χ1v) is 8.29. The molecule has 1 aromatic rings. The third-order valence-corrected chi connectivity index (χ3v) is 4.35. The van der Waals surface area contributed by atoms with Gasteiger partial charge in [-0.25, -0.2) is 4.79 Å². The highest BCUT2D eigenvalue weighted by Crippen LogP contribution is 2.29. The molecule has 1 atom stereocenters. The Labute approximate surface area is 152 Å². The SMILES string of the molecule is C=C(C)CN(CC)C(=O)CN1C(=O)N[C@](C)(c2ccc(C#N)cc2)C1=O. The number of urea groups is 1. The second kappa shape index (κ2) is 7.40. The topological polar surface area (TPSA) is 93.5 Å². The predicted octanol–water partition coefficient (Wildman–Crippen LogP) is 1.75. The molecule has 7 nitrogen and oxygen atoms in total. The van der Waals surface area contributed by atoms with Crippen LogP contribution in [0.4, 0.5) is 4.79 Å². The summed E-state index contributed by atoms with van der Waals surface area (Å²) < 4.78 is 0. The van der Waals surface area contributed by atoms with E-state index in [2.05, 4.69) is 11.9 Å². The van der Waals surface area contributed by atoms with Gasteiger partial charge in [0.2, 0.25) is 5.91 Å². The van der Waals surface area contributed by atoms with Gasteiger partial charge < -0.3 is 10.2 Å². The van der Waals surface area contributed by atoms with Crippen LogP contribution < -0.4 is 5.32 Å². The minimum Gasteiger partial charge on any atom is -0.337 e. The molecule has 0 aromatic heterocycles. The normalized spacial score (nSPS) is 19.1. The molecule has 1 saturated heterocycles. The first kappa shape index (κ1) is 19.2. The summed E-state index contributed by atoms with van der Waals surface area (Å²) in [6.45, 7) is 9.53.